The third-order valence-electron chi connectivity index (χ3n) is 3.17. The smallest absolute Gasteiger partial charge is 0.238 e. The Kier molecular flexibility index (Phi) is 6.02. The van der Waals surface area contributed by atoms with Crippen LogP contribution < -0.4 is 10.1 Å². The second-order valence-corrected chi connectivity index (χ2v) is 5.67. The van der Waals surface area contributed by atoms with Crippen molar-refractivity contribution in [2.45, 2.75) is 13.8 Å². The van der Waals surface area contributed by atoms with Gasteiger partial charge in [0.05, 0.1) is 26.4 Å². The fraction of sp³-hybridized carbons (Fsp3) is 0.562. The second kappa shape index (κ2) is 8.00. The van der Waals surface area contributed by atoms with Crippen LogP contribution in [0.15, 0.2) is 24.3 Å². The van der Waals surface area contributed by atoms with Crippen molar-refractivity contribution in [3.63, 3.8) is 0 Å². The SMILES string of the molecule is CC(C)COc1cccc(NC(=O)CN2CCOCC2)c1. The summed E-state index contributed by atoms with van der Waals surface area (Å²) in [6, 6.07) is 7.53. The Morgan fingerprint density at radius 1 is 1.38 bits per heavy atom. The van der Waals surface area contributed by atoms with Crippen LogP contribution in [0.25, 0.3) is 0 Å². The number of hydrogen-bond acceptors (Lipinski definition) is 4. The quantitative estimate of drug-likeness (QED) is 0.871. The zero-order chi connectivity index (χ0) is 15.1. The molecule has 1 aliphatic heterocycles. The van der Waals surface area contributed by atoms with Crippen LogP contribution in [0.5, 0.6) is 5.75 Å². The fourth-order valence-electron chi connectivity index (χ4n) is 2.09. The first-order valence-corrected chi connectivity index (χ1v) is 7.46. The molecule has 0 radical (unpaired) electrons. The van der Waals surface area contributed by atoms with Crippen LogP contribution in [0.4, 0.5) is 5.69 Å². The number of rotatable bonds is 6. The van der Waals surface area contributed by atoms with Gasteiger partial charge in [0.1, 0.15) is 5.75 Å². The summed E-state index contributed by atoms with van der Waals surface area (Å²) in [6.07, 6.45) is 0. The number of nitrogens with zero attached hydrogens (tertiary/aromatic N) is 1. The monoisotopic (exact) mass is 292 g/mol. The molecule has 0 spiro atoms. The summed E-state index contributed by atoms with van der Waals surface area (Å²) in [5, 5.41) is 2.92. The summed E-state index contributed by atoms with van der Waals surface area (Å²) in [5.74, 6) is 1.26. The summed E-state index contributed by atoms with van der Waals surface area (Å²) in [6.45, 7) is 8.31. The molecule has 1 N–H and O–H groups in total. The maximum absolute atomic E-state index is 12.0. The summed E-state index contributed by atoms with van der Waals surface area (Å²) in [7, 11) is 0. The van der Waals surface area contributed by atoms with E-state index in [2.05, 4.69) is 24.1 Å². The number of carbonyl (C=O) groups is 1. The van der Waals surface area contributed by atoms with Crippen molar-refractivity contribution in [3.05, 3.63) is 24.3 Å². The van der Waals surface area contributed by atoms with Crippen LogP contribution in [0.1, 0.15) is 13.8 Å². The van der Waals surface area contributed by atoms with Crippen molar-refractivity contribution in [1.29, 1.82) is 0 Å². The predicted octanol–water partition coefficient (Wildman–Crippen LogP) is 1.99. The number of morpholine rings is 1. The molecule has 0 unspecified atom stereocenters. The number of nitrogens with one attached hydrogen (secondary N) is 1. The van der Waals surface area contributed by atoms with Crippen molar-refractivity contribution in [1.82, 2.24) is 4.90 Å². The third-order valence-corrected chi connectivity index (χ3v) is 3.17. The van der Waals surface area contributed by atoms with Gasteiger partial charge in [0.2, 0.25) is 5.91 Å². The molecular weight excluding hydrogens is 268 g/mol. The van der Waals surface area contributed by atoms with Gasteiger partial charge in [-0.2, -0.15) is 0 Å². The van der Waals surface area contributed by atoms with Crippen molar-refractivity contribution in [2.75, 3.05) is 44.8 Å². The molecule has 1 aromatic rings. The molecule has 5 heteroatoms. The van der Waals surface area contributed by atoms with Crippen molar-refractivity contribution >= 4 is 11.6 Å². The van der Waals surface area contributed by atoms with Gasteiger partial charge in [0.15, 0.2) is 0 Å². The molecule has 1 heterocycles. The van der Waals surface area contributed by atoms with Gasteiger partial charge in [0.25, 0.3) is 0 Å². The van der Waals surface area contributed by atoms with Gasteiger partial charge < -0.3 is 14.8 Å². The van der Waals surface area contributed by atoms with E-state index in [0.717, 1.165) is 24.5 Å². The number of amides is 1. The molecule has 0 aliphatic carbocycles. The molecule has 2 rings (SSSR count). The van der Waals surface area contributed by atoms with E-state index >= 15 is 0 Å². The maximum Gasteiger partial charge on any atom is 0.238 e. The van der Waals surface area contributed by atoms with E-state index < -0.39 is 0 Å². The number of ether oxygens (including phenoxy) is 2. The van der Waals surface area contributed by atoms with Crippen LogP contribution in [0.3, 0.4) is 0 Å². The number of hydrogen-bond donors (Lipinski definition) is 1. The number of benzene rings is 1. The highest BCUT2D eigenvalue weighted by Gasteiger charge is 2.14. The highest BCUT2D eigenvalue weighted by atomic mass is 16.5. The molecule has 0 bridgehead atoms. The van der Waals surface area contributed by atoms with Crippen LogP contribution in [0, 0.1) is 5.92 Å². The summed E-state index contributed by atoms with van der Waals surface area (Å²) < 4.78 is 10.9. The van der Waals surface area contributed by atoms with E-state index in [-0.39, 0.29) is 5.91 Å². The third kappa shape index (κ3) is 5.73. The van der Waals surface area contributed by atoms with E-state index in [1.54, 1.807) is 0 Å². The first-order valence-electron chi connectivity index (χ1n) is 7.46. The Bertz CT molecular complexity index is 457. The molecule has 0 aromatic heterocycles. The first kappa shape index (κ1) is 15.8. The molecule has 116 valence electrons. The minimum atomic E-state index is -0.00194. The Labute approximate surface area is 126 Å². The van der Waals surface area contributed by atoms with Gasteiger partial charge in [-0.05, 0) is 18.1 Å². The lowest BCUT2D eigenvalue weighted by atomic mass is 10.2. The molecule has 1 amide bonds. The fourth-order valence-corrected chi connectivity index (χ4v) is 2.09. The second-order valence-electron chi connectivity index (χ2n) is 5.67. The Balaban J connectivity index is 1.83. The highest BCUT2D eigenvalue weighted by molar-refractivity contribution is 5.92. The van der Waals surface area contributed by atoms with Crippen molar-refractivity contribution in [2.24, 2.45) is 5.92 Å². The standard InChI is InChI=1S/C16H24N2O3/c1-13(2)12-21-15-5-3-4-14(10-15)17-16(19)11-18-6-8-20-9-7-18/h3-5,10,13H,6-9,11-12H2,1-2H3,(H,17,19). The molecule has 5 nitrogen and oxygen atoms in total. The lowest BCUT2D eigenvalue weighted by Gasteiger charge is -2.25. The Morgan fingerprint density at radius 3 is 2.86 bits per heavy atom. The molecule has 0 atom stereocenters. The summed E-state index contributed by atoms with van der Waals surface area (Å²) in [5.41, 5.74) is 0.773. The van der Waals surface area contributed by atoms with Crippen LogP contribution in [-0.4, -0.2) is 50.3 Å². The average molecular weight is 292 g/mol. The van der Waals surface area contributed by atoms with Gasteiger partial charge in [-0.3, -0.25) is 9.69 Å². The zero-order valence-electron chi connectivity index (χ0n) is 12.8. The normalized spacial score (nSPS) is 16.0. The molecular formula is C16H24N2O3. The van der Waals surface area contributed by atoms with Crippen LogP contribution in [0.2, 0.25) is 0 Å². The topological polar surface area (TPSA) is 50.8 Å². The number of anilines is 1. The first-order chi connectivity index (χ1) is 10.1. The molecule has 21 heavy (non-hydrogen) atoms. The minimum Gasteiger partial charge on any atom is -0.493 e. The van der Waals surface area contributed by atoms with E-state index in [1.165, 1.54) is 0 Å². The molecule has 1 fully saturated rings. The lowest BCUT2D eigenvalue weighted by molar-refractivity contribution is -0.118. The zero-order valence-corrected chi connectivity index (χ0v) is 12.8. The van der Waals surface area contributed by atoms with Crippen molar-refractivity contribution < 1.29 is 14.3 Å². The number of carbonyl (C=O) groups excluding carboxylic acids is 1. The summed E-state index contributed by atoms with van der Waals surface area (Å²) >= 11 is 0. The summed E-state index contributed by atoms with van der Waals surface area (Å²) in [4.78, 5) is 14.1. The molecule has 1 saturated heterocycles. The molecule has 1 aliphatic rings. The van der Waals surface area contributed by atoms with Crippen LogP contribution in [-0.2, 0) is 9.53 Å². The molecule has 1 aromatic carbocycles. The van der Waals surface area contributed by atoms with E-state index in [0.29, 0.717) is 32.3 Å². The maximum atomic E-state index is 12.0. The van der Waals surface area contributed by atoms with Crippen molar-refractivity contribution in [3.8, 4) is 5.75 Å². The van der Waals surface area contributed by atoms with Gasteiger partial charge in [0, 0.05) is 24.8 Å². The average Bonchev–Trinajstić information content (AvgIpc) is 2.46. The van der Waals surface area contributed by atoms with E-state index in [1.807, 2.05) is 24.3 Å². The highest BCUT2D eigenvalue weighted by Crippen LogP contribution is 2.18. The van der Waals surface area contributed by atoms with E-state index in [4.69, 9.17) is 9.47 Å². The van der Waals surface area contributed by atoms with Gasteiger partial charge in [-0.25, -0.2) is 0 Å². The predicted molar refractivity (Wildman–Crippen MR) is 82.7 cm³/mol. The largest absolute Gasteiger partial charge is 0.493 e. The Hall–Kier alpha value is -1.59. The van der Waals surface area contributed by atoms with Gasteiger partial charge in [-0.15, -0.1) is 0 Å². The minimum absolute atomic E-state index is 0.00194. The molecule has 0 saturated carbocycles. The van der Waals surface area contributed by atoms with E-state index in [9.17, 15) is 4.79 Å². The lowest BCUT2D eigenvalue weighted by Crippen LogP contribution is -2.41. The van der Waals surface area contributed by atoms with Crippen LogP contribution >= 0.6 is 0 Å². The van der Waals surface area contributed by atoms with Gasteiger partial charge >= 0.3 is 0 Å². The Morgan fingerprint density at radius 2 is 2.14 bits per heavy atom. The van der Waals surface area contributed by atoms with Gasteiger partial charge in [-0.1, -0.05) is 19.9 Å².